The smallest absolute Gasteiger partial charge is 0.258 e. The van der Waals surface area contributed by atoms with E-state index < -0.39 is 0 Å². The molecule has 0 aromatic heterocycles. The molecular formula is C31H30N2O4. The number of para-hydroxylation sites is 1. The van der Waals surface area contributed by atoms with Gasteiger partial charge in [-0.05, 0) is 60.5 Å². The minimum atomic E-state index is -0.181. The van der Waals surface area contributed by atoms with Crippen LogP contribution >= 0.6 is 0 Å². The van der Waals surface area contributed by atoms with E-state index in [2.05, 4.69) is 5.32 Å². The fourth-order valence-electron chi connectivity index (χ4n) is 3.76. The van der Waals surface area contributed by atoms with Gasteiger partial charge < -0.3 is 19.7 Å². The topological polar surface area (TPSA) is 67.9 Å². The second-order valence-corrected chi connectivity index (χ2v) is 8.41. The summed E-state index contributed by atoms with van der Waals surface area (Å²) in [6, 6.07) is 35.9. The fraction of sp³-hybridized carbons (Fsp3) is 0.161. The summed E-state index contributed by atoms with van der Waals surface area (Å²) < 4.78 is 11.4. The molecule has 0 unspecified atom stereocenters. The van der Waals surface area contributed by atoms with E-state index in [0.29, 0.717) is 37.4 Å². The first-order valence-electron chi connectivity index (χ1n) is 12.3. The van der Waals surface area contributed by atoms with Crippen LogP contribution in [0.4, 0.5) is 5.69 Å². The zero-order chi connectivity index (χ0) is 25.7. The lowest BCUT2D eigenvalue weighted by molar-refractivity contribution is -0.126. The number of rotatable bonds is 12. The third kappa shape index (κ3) is 8.05. The van der Waals surface area contributed by atoms with Crippen LogP contribution < -0.4 is 15.0 Å². The number of nitrogens with zero attached hydrogens (tertiary/aromatic N) is 1. The van der Waals surface area contributed by atoms with E-state index in [0.717, 1.165) is 17.0 Å². The Kier molecular flexibility index (Phi) is 9.44. The minimum Gasteiger partial charge on any atom is -0.457 e. The summed E-state index contributed by atoms with van der Waals surface area (Å²) >= 11 is 0. The van der Waals surface area contributed by atoms with Crippen LogP contribution in [0.25, 0.3) is 0 Å². The Morgan fingerprint density at radius 2 is 1.30 bits per heavy atom. The van der Waals surface area contributed by atoms with Gasteiger partial charge in [0.05, 0.1) is 6.61 Å². The lowest BCUT2D eigenvalue weighted by Crippen LogP contribution is -2.35. The summed E-state index contributed by atoms with van der Waals surface area (Å²) in [7, 11) is 0. The van der Waals surface area contributed by atoms with Gasteiger partial charge >= 0.3 is 0 Å². The van der Waals surface area contributed by atoms with Crippen molar-refractivity contribution in [2.24, 2.45) is 0 Å². The van der Waals surface area contributed by atoms with E-state index in [1.807, 2.05) is 103 Å². The zero-order valence-corrected chi connectivity index (χ0v) is 20.6. The quantitative estimate of drug-likeness (QED) is 0.251. The molecule has 188 valence electrons. The first-order valence-corrected chi connectivity index (χ1v) is 12.3. The Morgan fingerprint density at radius 1 is 0.703 bits per heavy atom. The lowest BCUT2D eigenvalue weighted by Gasteiger charge is -2.23. The molecule has 0 heterocycles. The van der Waals surface area contributed by atoms with Crippen LogP contribution in [0.2, 0.25) is 0 Å². The summed E-state index contributed by atoms with van der Waals surface area (Å²) in [5.74, 6) is 1.15. The number of hydrogen-bond acceptors (Lipinski definition) is 4. The molecular weight excluding hydrogens is 464 g/mol. The third-order valence-corrected chi connectivity index (χ3v) is 5.62. The van der Waals surface area contributed by atoms with Crippen molar-refractivity contribution in [3.05, 3.63) is 126 Å². The van der Waals surface area contributed by atoms with E-state index in [9.17, 15) is 9.59 Å². The summed E-state index contributed by atoms with van der Waals surface area (Å²) in [6.07, 6.45) is 0.589. The monoisotopic (exact) mass is 494 g/mol. The maximum Gasteiger partial charge on any atom is 0.258 e. The molecule has 0 aliphatic heterocycles. The third-order valence-electron chi connectivity index (χ3n) is 5.62. The molecule has 0 fully saturated rings. The number of carbonyl (C=O) groups excluding carboxylic acids is 2. The van der Waals surface area contributed by atoms with Gasteiger partial charge in [-0.1, -0.05) is 66.7 Å². The van der Waals surface area contributed by atoms with E-state index in [1.54, 1.807) is 17.0 Å². The van der Waals surface area contributed by atoms with Gasteiger partial charge in [0, 0.05) is 24.3 Å². The molecule has 0 aliphatic carbocycles. The average Bonchev–Trinajstić information content (AvgIpc) is 2.95. The van der Waals surface area contributed by atoms with Gasteiger partial charge in [0.15, 0.2) is 0 Å². The summed E-state index contributed by atoms with van der Waals surface area (Å²) in [4.78, 5) is 27.2. The van der Waals surface area contributed by atoms with Crippen molar-refractivity contribution in [3.63, 3.8) is 0 Å². The van der Waals surface area contributed by atoms with Crippen LogP contribution in [0.5, 0.6) is 11.5 Å². The molecule has 0 radical (unpaired) electrons. The Bertz CT molecular complexity index is 1250. The molecule has 0 bridgehead atoms. The highest BCUT2D eigenvalue weighted by atomic mass is 16.5. The fourth-order valence-corrected chi connectivity index (χ4v) is 3.76. The Balaban J connectivity index is 1.32. The highest BCUT2D eigenvalue weighted by Crippen LogP contribution is 2.25. The lowest BCUT2D eigenvalue weighted by atomic mass is 10.1. The van der Waals surface area contributed by atoms with Gasteiger partial charge in [-0.15, -0.1) is 0 Å². The number of carbonyl (C=O) groups is 2. The molecule has 0 saturated carbocycles. The molecule has 2 amide bonds. The second-order valence-electron chi connectivity index (χ2n) is 8.41. The standard InChI is InChI=1S/C31H30N2O4/c34-30(24-36-23-25-11-4-1-5-12-25)32-21-10-22-33(31(35)26-13-6-2-7-14-26)27-17-19-29(20-18-27)37-28-15-8-3-9-16-28/h1-9,11-20H,10,21-24H2,(H,32,34). The number of hydrogen-bond donors (Lipinski definition) is 1. The molecule has 1 N–H and O–H groups in total. The van der Waals surface area contributed by atoms with Crippen molar-refractivity contribution in [2.75, 3.05) is 24.6 Å². The summed E-state index contributed by atoms with van der Waals surface area (Å²) in [6.45, 7) is 1.25. The van der Waals surface area contributed by atoms with Crippen molar-refractivity contribution in [1.82, 2.24) is 5.32 Å². The predicted molar refractivity (Wildman–Crippen MR) is 145 cm³/mol. The first kappa shape index (κ1) is 25.7. The molecule has 4 rings (SSSR count). The predicted octanol–water partition coefficient (Wildman–Crippen LogP) is 5.85. The van der Waals surface area contributed by atoms with Crippen molar-refractivity contribution < 1.29 is 19.1 Å². The first-order chi connectivity index (χ1) is 18.2. The zero-order valence-electron chi connectivity index (χ0n) is 20.6. The molecule has 37 heavy (non-hydrogen) atoms. The van der Waals surface area contributed by atoms with Crippen molar-refractivity contribution in [3.8, 4) is 11.5 Å². The van der Waals surface area contributed by atoms with Crippen molar-refractivity contribution in [1.29, 1.82) is 0 Å². The van der Waals surface area contributed by atoms with Crippen LogP contribution in [0.3, 0.4) is 0 Å². The number of ether oxygens (including phenoxy) is 2. The molecule has 4 aromatic rings. The maximum atomic E-state index is 13.3. The molecule has 0 spiro atoms. The Morgan fingerprint density at radius 3 is 1.97 bits per heavy atom. The van der Waals surface area contributed by atoms with Gasteiger partial charge in [0.25, 0.3) is 5.91 Å². The molecule has 6 heteroatoms. The van der Waals surface area contributed by atoms with Crippen LogP contribution in [0, 0.1) is 0 Å². The van der Waals surface area contributed by atoms with E-state index in [4.69, 9.17) is 9.47 Å². The van der Waals surface area contributed by atoms with Gasteiger partial charge in [0.2, 0.25) is 5.91 Å². The highest BCUT2D eigenvalue weighted by Gasteiger charge is 2.17. The Hall–Kier alpha value is -4.42. The SMILES string of the molecule is O=C(COCc1ccccc1)NCCCN(C(=O)c1ccccc1)c1ccc(Oc2ccccc2)cc1. The largest absolute Gasteiger partial charge is 0.457 e. The average molecular weight is 495 g/mol. The van der Waals surface area contributed by atoms with Crippen LogP contribution in [0.15, 0.2) is 115 Å². The minimum absolute atomic E-state index is 0.00949. The molecule has 4 aromatic carbocycles. The van der Waals surface area contributed by atoms with Gasteiger partial charge in [-0.2, -0.15) is 0 Å². The van der Waals surface area contributed by atoms with E-state index in [-0.39, 0.29) is 18.4 Å². The van der Waals surface area contributed by atoms with Gasteiger partial charge in [-0.25, -0.2) is 0 Å². The highest BCUT2D eigenvalue weighted by molar-refractivity contribution is 6.06. The summed E-state index contributed by atoms with van der Waals surface area (Å²) in [5.41, 5.74) is 2.38. The van der Waals surface area contributed by atoms with Crippen LogP contribution in [0.1, 0.15) is 22.3 Å². The molecule has 6 nitrogen and oxygen atoms in total. The Labute approximate surface area is 217 Å². The van der Waals surface area contributed by atoms with E-state index >= 15 is 0 Å². The maximum absolute atomic E-state index is 13.3. The van der Waals surface area contributed by atoms with Crippen molar-refractivity contribution in [2.45, 2.75) is 13.0 Å². The number of anilines is 1. The molecule has 0 atom stereocenters. The van der Waals surface area contributed by atoms with Gasteiger partial charge in [0.1, 0.15) is 18.1 Å². The second kappa shape index (κ2) is 13.6. The van der Waals surface area contributed by atoms with Crippen molar-refractivity contribution >= 4 is 17.5 Å². The normalized spacial score (nSPS) is 10.5. The molecule has 0 aliphatic rings. The van der Waals surface area contributed by atoms with Crippen LogP contribution in [-0.4, -0.2) is 31.5 Å². The number of nitrogens with one attached hydrogen (secondary N) is 1. The number of benzene rings is 4. The van der Waals surface area contributed by atoms with E-state index in [1.165, 1.54) is 0 Å². The van der Waals surface area contributed by atoms with Gasteiger partial charge in [-0.3, -0.25) is 9.59 Å². The molecule has 0 saturated heterocycles. The summed E-state index contributed by atoms with van der Waals surface area (Å²) in [5, 5.41) is 2.87. The van der Waals surface area contributed by atoms with Crippen LogP contribution in [-0.2, 0) is 16.1 Å². The number of amides is 2.